The van der Waals surface area contributed by atoms with E-state index in [2.05, 4.69) is 4.90 Å². The van der Waals surface area contributed by atoms with E-state index in [-0.39, 0.29) is 12.0 Å². The molecule has 2 saturated heterocycles. The van der Waals surface area contributed by atoms with Crippen LogP contribution in [0.15, 0.2) is 0 Å². The van der Waals surface area contributed by atoms with E-state index in [4.69, 9.17) is 4.74 Å². The highest BCUT2D eigenvalue weighted by atomic mass is 16.5. The number of rotatable bonds is 4. The third kappa shape index (κ3) is 3.45. The second kappa shape index (κ2) is 6.53. The molecule has 0 bridgehead atoms. The highest BCUT2D eigenvalue weighted by molar-refractivity contribution is 5.80. The molecule has 1 amide bonds. The number of hydrogen-bond acceptors (Lipinski definition) is 3. The molecule has 0 radical (unpaired) electrons. The van der Waals surface area contributed by atoms with Crippen molar-refractivity contribution in [2.75, 3.05) is 39.8 Å². The first kappa shape index (κ1) is 13.8. The molecule has 0 aliphatic carbocycles. The SMILES string of the molecule is COC(C)C(=O)N1CCC(CN2CCCC2)CC1. The Labute approximate surface area is 110 Å². The van der Waals surface area contributed by atoms with Gasteiger partial charge in [0.1, 0.15) is 6.10 Å². The first-order chi connectivity index (χ1) is 8.70. The van der Waals surface area contributed by atoms with Crippen molar-refractivity contribution in [2.24, 2.45) is 5.92 Å². The third-order valence-corrected chi connectivity index (χ3v) is 4.34. The standard InChI is InChI=1S/C14H26N2O2/c1-12(18-2)14(17)16-9-5-13(6-10-16)11-15-7-3-4-8-15/h12-13H,3-11H2,1-2H3. The van der Waals surface area contributed by atoms with Crippen LogP contribution < -0.4 is 0 Å². The maximum Gasteiger partial charge on any atom is 0.251 e. The molecule has 4 heteroatoms. The number of ether oxygens (including phenoxy) is 1. The number of piperidine rings is 1. The van der Waals surface area contributed by atoms with E-state index >= 15 is 0 Å². The molecule has 18 heavy (non-hydrogen) atoms. The molecule has 4 nitrogen and oxygen atoms in total. The van der Waals surface area contributed by atoms with Crippen molar-refractivity contribution < 1.29 is 9.53 Å². The van der Waals surface area contributed by atoms with E-state index in [0.717, 1.165) is 31.8 Å². The van der Waals surface area contributed by atoms with Gasteiger partial charge in [-0.2, -0.15) is 0 Å². The van der Waals surface area contributed by atoms with Crippen LogP contribution in [0.3, 0.4) is 0 Å². The molecule has 0 saturated carbocycles. The monoisotopic (exact) mass is 254 g/mol. The van der Waals surface area contributed by atoms with Gasteiger partial charge in [0.25, 0.3) is 5.91 Å². The van der Waals surface area contributed by atoms with Crippen molar-refractivity contribution in [2.45, 2.75) is 38.7 Å². The Bertz CT molecular complexity index is 269. The predicted octanol–water partition coefficient (Wildman–Crippen LogP) is 1.36. The van der Waals surface area contributed by atoms with Gasteiger partial charge in [-0.25, -0.2) is 0 Å². The Morgan fingerprint density at radius 1 is 1.22 bits per heavy atom. The first-order valence-corrected chi connectivity index (χ1v) is 7.24. The molecule has 2 heterocycles. The van der Waals surface area contributed by atoms with Gasteiger partial charge in [0.15, 0.2) is 0 Å². The van der Waals surface area contributed by atoms with Crippen LogP contribution in [-0.4, -0.2) is 61.6 Å². The molecule has 2 fully saturated rings. The molecule has 0 spiro atoms. The minimum absolute atomic E-state index is 0.150. The van der Waals surface area contributed by atoms with Gasteiger partial charge in [0.05, 0.1) is 0 Å². The molecular formula is C14H26N2O2. The quantitative estimate of drug-likeness (QED) is 0.759. The van der Waals surface area contributed by atoms with Gasteiger partial charge in [-0.1, -0.05) is 0 Å². The highest BCUT2D eigenvalue weighted by Gasteiger charge is 2.27. The first-order valence-electron chi connectivity index (χ1n) is 7.24. The second-order valence-electron chi connectivity index (χ2n) is 5.65. The molecule has 0 N–H and O–H groups in total. The van der Waals surface area contributed by atoms with E-state index < -0.39 is 0 Å². The van der Waals surface area contributed by atoms with E-state index in [1.807, 2.05) is 11.8 Å². The minimum Gasteiger partial charge on any atom is -0.372 e. The Kier molecular flexibility index (Phi) is 5.01. The summed E-state index contributed by atoms with van der Waals surface area (Å²) in [6, 6.07) is 0. The van der Waals surface area contributed by atoms with Crippen LogP contribution in [0.5, 0.6) is 0 Å². The minimum atomic E-state index is -0.292. The zero-order valence-electron chi connectivity index (χ0n) is 11.7. The topological polar surface area (TPSA) is 32.8 Å². The van der Waals surface area contributed by atoms with Crippen LogP contribution >= 0.6 is 0 Å². The summed E-state index contributed by atoms with van der Waals surface area (Å²) in [5, 5.41) is 0. The highest BCUT2D eigenvalue weighted by Crippen LogP contribution is 2.21. The summed E-state index contributed by atoms with van der Waals surface area (Å²) < 4.78 is 5.10. The van der Waals surface area contributed by atoms with Gasteiger partial charge in [-0.3, -0.25) is 4.79 Å². The molecule has 1 unspecified atom stereocenters. The van der Waals surface area contributed by atoms with Crippen molar-refractivity contribution in [3.05, 3.63) is 0 Å². The van der Waals surface area contributed by atoms with Crippen molar-refractivity contribution in [3.63, 3.8) is 0 Å². The van der Waals surface area contributed by atoms with Crippen LogP contribution in [0.25, 0.3) is 0 Å². The fourth-order valence-corrected chi connectivity index (χ4v) is 3.02. The van der Waals surface area contributed by atoms with Gasteiger partial charge in [-0.15, -0.1) is 0 Å². The molecule has 2 aliphatic heterocycles. The summed E-state index contributed by atoms with van der Waals surface area (Å²) in [7, 11) is 1.60. The normalized spacial score (nSPS) is 24.4. The zero-order chi connectivity index (χ0) is 13.0. The summed E-state index contributed by atoms with van der Waals surface area (Å²) in [6.45, 7) is 7.44. The second-order valence-corrected chi connectivity index (χ2v) is 5.65. The number of nitrogens with zero attached hydrogens (tertiary/aromatic N) is 2. The fraction of sp³-hybridized carbons (Fsp3) is 0.929. The number of carbonyl (C=O) groups is 1. The van der Waals surface area contributed by atoms with Crippen LogP contribution in [0.1, 0.15) is 32.6 Å². The van der Waals surface area contributed by atoms with Crippen LogP contribution in [-0.2, 0) is 9.53 Å². The lowest BCUT2D eigenvalue weighted by Gasteiger charge is -2.34. The van der Waals surface area contributed by atoms with Crippen LogP contribution in [0, 0.1) is 5.92 Å². The van der Waals surface area contributed by atoms with E-state index in [9.17, 15) is 4.79 Å². The average molecular weight is 254 g/mol. The smallest absolute Gasteiger partial charge is 0.251 e. The fourth-order valence-electron chi connectivity index (χ4n) is 3.02. The van der Waals surface area contributed by atoms with Crippen molar-refractivity contribution in [1.29, 1.82) is 0 Å². The Morgan fingerprint density at radius 3 is 2.39 bits per heavy atom. The molecule has 2 rings (SSSR count). The van der Waals surface area contributed by atoms with E-state index in [0.29, 0.717) is 0 Å². The van der Waals surface area contributed by atoms with Crippen molar-refractivity contribution >= 4 is 5.91 Å². The predicted molar refractivity (Wildman–Crippen MR) is 71.4 cm³/mol. The molecule has 1 atom stereocenters. The number of methoxy groups -OCH3 is 1. The van der Waals surface area contributed by atoms with Gasteiger partial charge < -0.3 is 14.5 Å². The maximum atomic E-state index is 12.0. The van der Waals surface area contributed by atoms with E-state index in [1.165, 1.54) is 32.5 Å². The lowest BCUT2D eigenvalue weighted by molar-refractivity contribution is -0.142. The largest absolute Gasteiger partial charge is 0.372 e. The maximum absolute atomic E-state index is 12.0. The summed E-state index contributed by atoms with van der Waals surface area (Å²) in [5.41, 5.74) is 0. The Hall–Kier alpha value is -0.610. The molecule has 2 aliphatic rings. The van der Waals surface area contributed by atoms with Crippen molar-refractivity contribution in [1.82, 2.24) is 9.80 Å². The number of amides is 1. The molecular weight excluding hydrogens is 228 g/mol. The Balaban J connectivity index is 1.72. The Morgan fingerprint density at radius 2 is 1.83 bits per heavy atom. The van der Waals surface area contributed by atoms with Gasteiger partial charge in [0.2, 0.25) is 0 Å². The average Bonchev–Trinajstić information content (AvgIpc) is 2.91. The molecule has 104 valence electrons. The number of hydrogen-bond donors (Lipinski definition) is 0. The van der Waals surface area contributed by atoms with Gasteiger partial charge in [-0.05, 0) is 51.6 Å². The van der Waals surface area contributed by atoms with E-state index in [1.54, 1.807) is 7.11 Å². The third-order valence-electron chi connectivity index (χ3n) is 4.34. The lowest BCUT2D eigenvalue weighted by atomic mass is 9.96. The summed E-state index contributed by atoms with van der Waals surface area (Å²) >= 11 is 0. The van der Waals surface area contributed by atoms with Gasteiger partial charge in [0, 0.05) is 26.7 Å². The summed E-state index contributed by atoms with van der Waals surface area (Å²) in [4.78, 5) is 16.5. The number of carbonyl (C=O) groups excluding carboxylic acids is 1. The van der Waals surface area contributed by atoms with Crippen LogP contribution in [0.4, 0.5) is 0 Å². The molecule has 0 aromatic rings. The lowest BCUT2D eigenvalue weighted by Crippen LogP contribution is -2.45. The number of likely N-dealkylation sites (tertiary alicyclic amines) is 2. The van der Waals surface area contributed by atoms with Crippen molar-refractivity contribution in [3.8, 4) is 0 Å². The summed E-state index contributed by atoms with van der Waals surface area (Å²) in [6.07, 6.45) is 4.74. The molecule has 0 aromatic carbocycles. The zero-order valence-corrected chi connectivity index (χ0v) is 11.7. The summed E-state index contributed by atoms with van der Waals surface area (Å²) in [5.74, 6) is 0.933. The molecule has 0 aromatic heterocycles. The van der Waals surface area contributed by atoms with Crippen LogP contribution in [0.2, 0.25) is 0 Å². The van der Waals surface area contributed by atoms with Gasteiger partial charge >= 0.3 is 0 Å².